The summed E-state index contributed by atoms with van der Waals surface area (Å²) in [5.74, 6) is -8.88. The van der Waals surface area contributed by atoms with Crippen molar-refractivity contribution in [3.8, 4) is 5.75 Å². The summed E-state index contributed by atoms with van der Waals surface area (Å²) >= 11 is 17.6. The molecule has 0 atom stereocenters. The number of fused-ring (bicyclic) bond motifs is 3. The van der Waals surface area contributed by atoms with Gasteiger partial charge in [0.25, 0.3) is 28.5 Å². The van der Waals surface area contributed by atoms with Crippen LogP contribution in [-0.4, -0.2) is 131 Å². The van der Waals surface area contributed by atoms with Gasteiger partial charge in [-0.3, -0.25) is 33.4 Å². The number of carbonyl (C=O) groups excluding carboxylic acids is 5. The van der Waals surface area contributed by atoms with Crippen LogP contribution in [0.5, 0.6) is 5.75 Å². The SMILES string of the molecule is CCOC(=O)c1[nH]c(=O)c(Br)cc1F.CCOC(=O)c1c(F)cc(Br)c[n+]1[O-].CCOC(=O)c1ncc(Br)cc1F.Cc1c(OCCN2CCCC2)cn2ncnc(N)c12.NC(=O)c1[nH]c(=O)c(Br)cc1F.O=C(O)c1ncc(Br)cc1F.O=C1NC2(CCCCC2)n2c1c(F)cc(Br)c2=O. The Bertz CT molecular complexity index is 4520. The van der Waals surface area contributed by atoms with Crippen molar-refractivity contribution >= 4 is 143 Å². The molecule has 1 saturated heterocycles. The van der Waals surface area contributed by atoms with Gasteiger partial charge in [0.2, 0.25) is 5.82 Å². The van der Waals surface area contributed by atoms with E-state index >= 15 is 0 Å². The minimum absolute atomic E-state index is 0.0185. The number of nitrogens with zero attached hydrogens (tertiary/aromatic N) is 8. The van der Waals surface area contributed by atoms with Gasteiger partial charge in [0.05, 0.1) is 43.9 Å². The molecule has 8 N–H and O–H groups in total. The monoisotopic (exact) mass is 1800 g/mol. The second-order valence-electron chi connectivity index (χ2n) is 20.6. The normalized spacial score (nSPS) is 13.0. The van der Waals surface area contributed by atoms with Crippen LogP contribution >= 0.6 is 95.6 Å². The van der Waals surface area contributed by atoms with Crippen molar-refractivity contribution in [1.82, 2.24) is 49.3 Å². The van der Waals surface area contributed by atoms with Crippen molar-refractivity contribution < 1.29 is 83.9 Å². The van der Waals surface area contributed by atoms with Crippen LogP contribution < -0.4 is 42.9 Å². The number of likely N-dealkylation sites (tertiary alicyclic amines) is 1. The van der Waals surface area contributed by atoms with Crippen LogP contribution in [0.15, 0.2) is 109 Å². The topological polar surface area (TPSA) is 398 Å². The molecular weight excluding hydrogens is 1750 g/mol. The molecule has 3 aliphatic rings. The Hall–Kier alpha value is -8.44. The highest BCUT2D eigenvalue weighted by molar-refractivity contribution is 9.11. The Morgan fingerprint density at radius 3 is 1.70 bits per heavy atom. The van der Waals surface area contributed by atoms with Gasteiger partial charge in [0, 0.05) is 39.5 Å². The molecule has 0 unspecified atom stereocenters. The first kappa shape index (κ1) is 83.2. The number of nitrogen functional groups attached to an aromatic ring is 1. The van der Waals surface area contributed by atoms with E-state index in [1.807, 2.05) is 18.1 Å². The number of aromatic nitrogens is 9. The van der Waals surface area contributed by atoms with Crippen LogP contribution in [0.1, 0.15) is 134 Å². The lowest BCUT2D eigenvalue weighted by atomic mass is 9.89. The summed E-state index contributed by atoms with van der Waals surface area (Å²) in [6.45, 7) is 11.3. The van der Waals surface area contributed by atoms with Gasteiger partial charge in [-0.05, 0) is 205 Å². The van der Waals surface area contributed by atoms with E-state index in [4.69, 9.17) is 21.3 Å². The van der Waals surface area contributed by atoms with E-state index in [2.05, 4.69) is 145 Å². The zero-order chi connectivity index (χ0) is 75.2. The molecule has 1 spiro atoms. The van der Waals surface area contributed by atoms with Gasteiger partial charge in [-0.2, -0.15) is 14.2 Å². The first-order valence-corrected chi connectivity index (χ1v) is 34.3. The molecule has 1 saturated carbocycles. The van der Waals surface area contributed by atoms with Crippen LogP contribution in [-0.2, 0) is 19.9 Å². The number of aromatic carboxylic acids is 1. The van der Waals surface area contributed by atoms with E-state index in [9.17, 15) is 74.7 Å². The molecule has 2 fully saturated rings. The molecule has 542 valence electrons. The summed E-state index contributed by atoms with van der Waals surface area (Å²) in [5, 5.41) is 26.4. The number of carboxylic acids is 1. The lowest BCUT2D eigenvalue weighted by Crippen LogP contribution is -2.48. The van der Waals surface area contributed by atoms with Gasteiger partial charge >= 0.3 is 29.6 Å². The molecule has 11 rings (SSSR count). The zero-order valence-electron chi connectivity index (χ0n) is 53.2. The first-order valence-electron chi connectivity index (χ1n) is 29.5. The Kier molecular flexibility index (Phi) is 32.2. The van der Waals surface area contributed by atoms with Crippen molar-refractivity contribution in [2.75, 3.05) is 51.8 Å². The molecule has 1 aliphatic carbocycles. The number of nitrogens with one attached hydrogen (secondary N) is 3. The molecule has 0 radical (unpaired) electrons. The molecule has 28 nitrogen and oxygen atoms in total. The molecule has 8 aromatic rings. The molecular formula is C61H59Br6F6N13O15. The average Bonchev–Trinajstić information content (AvgIpc) is 1.59. The summed E-state index contributed by atoms with van der Waals surface area (Å²) in [6.07, 6.45) is 13.9. The number of carboxylic acid groups (broad SMARTS) is 1. The number of ether oxygens (including phenoxy) is 4. The van der Waals surface area contributed by atoms with Crippen molar-refractivity contribution in [3.05, 3.63) is 205 Å². The maximum Gasteiger partial charge on any atom is 0.408 e. The average molecular weight is 1810 g/mol. The molecule has 10 heterocycles. The van der Waals surface area contributed by atoms with E-state index in [0.717, 1.165) is 79.2 Å². The largest absolute Gasteiger partial charge is 0.618 e. The summed E-state index contributed by atoms with van der Waals surface area (Å²) in [5.41, 5.74) is 7.66. The Morgan fingerprint density at radius 2 is 1.18 bits per heavy atom. The number of nitrogens with two attached hydrogens (primary N) is 2. The second-order valence-corrected chi connectivity index (χ2v) is 26.0. The van der Waals surface area contributed by atoms with Crippen molar-refractivity contribution in [2.24, 2.45) is 5.73 Å². The molecule has 101 heavy (non-hydrogen) atoms. The van der Waals surface area contributed by atoms with Gasteiger partial charge in [0.15, 0.2) is 58.2 Å². The van der Waals surface area contributed by atoms with Gasteiger partial charge in [-0.25, -0.2) is 60.6 Å². The number of primary amides is 1. The predicted octanol–water partition coefficient (Wildman–Crippen LogP) is 10.3. The van der Waals surface area contributed by atoms with Crippen molar-refractivity contribution in [1.29, 1.82) is 0 Å². The molecule has 2 amide bonds. The van der Waals surface area contributed by atoms with Crippen LogP contribution in [0, 0.1) is 47.0 Å². The van der Waals surface area contributed by atoms with E-state index in [0.29, 0.717) is 34.2 Å². The Labute approximate surface area is 618 Å². The number of carbonyl (C=O) groups is 6. The number of rotatable bonds is 12. The van der Waals surface area contributed by atoms with Crippen molar-refractivity contribution in [3.63, 3.8) is 0 Å². The summed E-state index contributed by atoms with van der Waals surface area (Å²) < 4.78 is 103. The van der Waals surface area contributed by atoms with Crippen LogP contribution in [0.25, 0.3) is 5.52 Å². The molecule has 40 heteroatoms. The number of pyridine rings is 6. The fraction of sp³-hybridized carbons (Fsp3) is 0.311. The summed E-state index contributed by atoms with van der Waals surface area (Å²) in [7, 11) is 0. The maximum absolute atomic E-state index is 13.9. The zero-order valence-corrected chi connectivity index (χ0v) is 62.7. The summed E-state index contributed by atoms with van der Waals surface area (Å²) in [4.78, 5) is 117. The van der Waals surface area contributed by atoms with Crippen molar-refractivity contribution in [2.45, 2.75) is 78.3 Å². The predicted molar refractivity (Wildman–Crippen MR) is 370 cm³/mol. The number of aromatic amines is 2. The Morgan fingerprint density at radius 1 is 0.663 bits per heavy atom. The fourth-order valence-corrected chi connectivity index (χ4v) is 11.3. The second kappa shape index (κ2) is 39.1. The molecule has 0 aromatic carbocycles. The number of hydrogen-bond donors (Lipinski definition) is 6. The minimum atomic E-state index is -1.37. The number of anilines is 1. The lowest BCUT2D eigenvalue weighted by Gasteiger charge is -2.35. The van der Waals surface area contributed by atoms with Gasteiger partial charge in [0.1, 0.15) is 41.3 Å². The third-order valence-electron chi connectivity index (χ3n) is 13.8. The maximum atomic E-state index is 13.9. The van der Waals surface area contributed by atoms with Crippen LogP contribution in [0.4, 0.5) is 32.2 Å². The number of hydrogen-bond acceptors (Lipinski definition) is 20. The number of aryl methyl sites for hydroxylation is 1. The highest BCUT2D eigenvalue weighted by Crippen LogP contribution is 2.37. The first-order chi connectivity index (χ1) is 47.7. The third-order valence-corrected chi connectivity index (χ3v) is 16.8. The molecule has 2 aliphatic heterocycles. The smallest absolute Gasteiger partial charge is 0.408 e. The molecule has 0 bridgehead atoms. The summed E-state index contributed by atoms with van der Waals surface area (Å²) in [6, 6.07) is 6.12. The van der Waals surface area contributed by atoms with E-state index in [1.165, 1.54) is 55.3 Å². The van der Waals surface area contributed by atoms with E-state index in [-0.39, 0.29) is 59.4 Å². The molecule has 8 aromatic heterocycles. The van der Waals surface area contributed by atoms with Gasteiger partial charge in [-0.15, -0.1) is 0 Å². The van der Waals surface area contributed by atoms with Gasteiger partial charge < -0.3 is 56.0 Å². The fourth-order valence-electron chi connectivity index (χ4n) is 9.32. The van der Waals surface area contributed by atoms with Crippen LogP contribution in [0.3, 0.4) is 0 Å². The quantitative estimate of drug-likeness (QED) is 0.0218. The number of H-pyrrole nitrogens is 2. The number of amides is 2. The standard InChI is InChI=1S/C13H19N5O.C12H12BrFN2O2.2C8H7BrFNO3.C8H7BrFNO2.C6H4BrFN2O2.C6H3BrFNO2/c1-10-11(19-7-6-17-4-2-3-5-17)8-18-12(10)13(14)15-9-16-18;13-7-6-8(14)9-10(17)15-12(16(9)11(7)18)4-2-1-3-5-12;1-2-14-8(12)7-6(10)3-5(9)4-11(7)13;1-2-14-8(13)6-5(10)3-4(9)7(12)11-6;1-2-13-8(12)7-6(10)3-5(9)4-11-7;7-2-1-3(8)4(5(9)11)10-6(2)12;7-3-1-4(8)5(6(10)11)9-2-3/h8-9H,2-7H2,1H3,(H2,14,15,16);6H,1-5H2,(H,15,17);3-4H,2H2,1H3;3H,2H2,1H3,(H,11,12);3-4H,2H2,1H3;1H,(H2,9,11)(H,10,12);1-2H,(H,10,11). The number of halogens is 12. The Balaban J connectivity index is 0.000000214. The lowest BCUT2D eigenvalue weighted by molar-refractivity contribution is -0.610. The highest BCUT2D eigenvalue weighted by Gasteiger charge is 2.46. The number of esters is 3. The third kappa shape index (κ3) is 23.0. The van der Waals surface area contributed by atoms with E-state index in [1.54, 1.807) is 25.3 Å². The van der Waals surface area contributed by atoms with Gasteiger partial charge in [-0.1, -0.05) is 6.42 Å². The minimum Gasteiger partial charge on any atom is -0.618 e. The highest BCUT2D eigenvalue weighted by atomic mass is 79.9. The van der Waals surface area contributed by atoms with Crippen LogP contribution in [0.2, 0.25) is 0 Å². The van der Waals surface area contributed by atoms with E-state index < -0.39 is 110 Å².